The van der Waals surface area contributed by atoms with Crippen molar-refractivity contribution in [3.63, 3.8) is 0 Å². The third-order valence-electron chi connectivity index (χ3n) is 2.95. The summed E-state index contributed by atoms with van der Waals surface area (Å²) in [5, 5.41) is 70.1. The quantitative estimate of drug-likeness (QED) is 0.180. The molecule has 0 aromatic rings. The van der Waals surface area contributed by atoms with Gasteiger partial charge in [0, 0.05) is 0 Å². The van der Waals surface area contributed by atoms with Crippen LogP contribution in [0.1, 0.15) is 0 Å². The molecule has 0 aliphatic carbocycles. The number of hydrogen-bond acceptors (Lipinski definition) is 12. The molecule has 13 heteroatoms. The molecule has 0 aromatic heterocycles. The molecule has 0 bridgehead atoms. The second-order valence-electron chi connectivity index (χ2n) is 4.62. The van der Waals surface area contributed by atoms with E-state index in [1.165, 1.54) is 0 Å². The van der Waals surface area contributed by atoms with Crippen LogP contribution in [0.3, 0.4) is 0 Å². The fourth-order valence-electron chi connectivity index (χ4n) is 1.65. The molecular formula is C12H16MgO12+2. The van der Waals surface area contributed by atoms with Gasteiger partial charge in [0.05, 0.1) is 13.2 Å². The zero-order valence-corrected chi connectivity index (χ0v) is 14.1. The Bertz CT molecular complexity index is 520. The maximum atomic E-state index is 10.5. The van der Waals surface area contributed by atoms with Crippen LogP contribution < -0.4 is 0 Å². The van der Waals surface area contributed by atoms with Crippen LogP contribution in [-0.2, 0) is 19.1 Å². The molecule has 0 saturated carbocycles. The Labute approximate surface area is 156 Å². The molecule has 0 fully saturated rings. The van der Waals surface area contributed by atoms with Crippen molar-refractivity contribution < 1.29 is 59.9 Å². The summed E-state index contributed by atoms with van der Waals surface area (Å²) in [5.41, 5.74) is 0. The zero-order valence-electron chi connectivity index (χ0n) is 12.6. The minimum Gasteiger partial charge on any atom is -0.505 e. The molecule has 8 N–H and O–H groups in total. The number of ether oxygens (including phenoxy) is 2. The molecule has 0 aromatic carbocycles. The summed E-state index contributed by atoms with van der Waals surface area (Å²) >= 11 is 0. The van der Waals surface area contributed by atoms with Crippen molar-refractivity contribution in [3.05, 3.63) is 23.0 Å². The third kappa shape index (κ3) is 5.10. The standard InChI is InChI=1S/2C6H8O6.Mg/c2*7-1-2(8)5-3(9)4(10)6(11)12-5;/h2*2,5,7-10H,1H2;/q;;+2/t2*2-,5+;/m00./s1. The van der Waals surface area contributed by atoms with E-state index in [1.807, 2.05) is 0 Å². The van der Waals surface area contributed by atoms with Crippen molar-refractivity contribution in [2.45, 2.75) is 24.4 Å². The Morgan fingerprint density at radius 1 is 0.760 bits per heavy atom. The summed E-state index contributed by atoms with van der Waals surface area (Å²) in [5.74, 6) is -5.56. The normalized spacial score (nSPS) is 24.8. The van der Waals surface area contributed by atoms with Gasteiger partial charge in [-0.2, -0.15) is 0 Å². The predicted octanol–water partition coefficient (Wildman–Crippen LogP) is -3.20. The molecule has 136 valence electrons. The zero-order chi connectivity index (χ0) is 18.6. The molecule has 2 heterocycles. The summed E-state index contributed by atoms with van der Waals surface area (Å²) in [6.07, 6.45) is -5.55. The Morgan fingerprint density at radius 2 is 1.04 bits per heavy atom. The molecule has 12 nitrogen and oxygen atoms in total. The molecule has 4 atom stereocenters. The van der Waals surface area contributed by atoms with E-state index in [2.05, 4.69) is 9.47 Å². The van der Waals surface area contributed by atoms with Gasteiger partial charge in [-0.1, -0.05) is 0 Å². The number of carbonyl (C=O) groups excluding carboxylic acids is 2. The first-order chi connectivity index (χ1) is 11.1. The number of aliphatic hydroxyl groups is 8. The van der Waals surface area contributed by atoms with Gasteiger partial charge in [-0.25, -0.2) is 9.59 Å². The van der Waals surface area contributed by atoms with Gasteiger partial charge in [0.25, 0.3) is 0 Å². The molecule has 0 saturated heterocycles. The van der Waals surface area contributed by atoms with Crippen molar-refractivity contribution >= 4 is 35.0 Å². The van der Waals surface area contributed by atoms with Crippen LogP contribution in [0.4, 0.5) is 0 Å². The second kappa shape index (κ2) is 9.64. The van der Waals surface area contributed by atoms with Crippen LogP contribution in [0, 0.1) is 0 Å². The van der Waals surface area contributed by atoms with Crippen LogP contribution in [0.25, 0.3) is 0 Å². The smallest absolute Gasteiger partial charge is 0.505 e. The van der Waals surface area contributed by atoms with Gasteiger partial charge in [-0.15, -0.1) is 0 Å². The predicted molar refractivity (Wildman–Crippen MR) is 76.3 cm³/mol. The van der Waals surface area contributed by atoms with E-state index in [0.717, 1.165) is 0 Å². The number of cyclic esters (lactones) is 2. The number of esters is 2. The number of carbonyl (C=O) groups is 2. The maximum Gasteiger partial charge on any atom is 2.00 e. The summed E-state index contributed by atoms with van der Waals surface area (Å²) in [7, 11) is 0. The van der Waals surface area contributed by atoms with Gasteiger partial charge in [-0.05, 0) is 0 Å². The Kier molecular flexibility index (Phi) is 8.96. The van der Waals surface area contributed by atoms with Gasteiger partial charge < -0.3 is 50.3 Å². The molecule has 0 unspecified atom stereocenters. The van der Waals surface area contributed by atoms with Crippen molar-refractivity contribution in [1.29, 1.82) is 0 Å². The average molecular weight is 377 g/mol. The van der Waals surface area contributed by atoms with Crippen LogP contribution in [-0.4, -0.2) is 113 Å². The topological polar surface area (TPSA) is 214 Å². The first-order valence-corrected chi connectivity index (χ1v) is 6.39. The van der Waals surface area contributed by atoms with Crippen LogP contribution in [0.5, 0.6) is 0 Å². The Morgan fingerprint density at radius 3 is 1.20 bits per heavy atom. The molecule has 25 heavy (non-hydrogen) atoms. The second-order valence-corrected chi connectivity index (χ2v) is 4.62. The van der Waals surface area contributed by atoms with E-state index in [-0.39, 0.29) is 23.1 Å². The van der Waals surface area contributed by atoms with Gasteiger partial charge >= 0.3 is 35.0 Å². The Hall–Kier alpha value is -1.77. The maximum absolute atomic E-state index is 10.5. The first kappa shape index (κ1) is 23.2. The molecule has 2 aliphatic rings. The van der Waals surface area contributed by atoms with Crippen LogP contribution >= 0.6 is 0 Å². The summed E-state index contributed by atoms with van der Waals surface area (Å²) < 4.78 is 8.63. The molecule has 0 spiro atoms. The van der Waals surface area contributed by atoms with Gasteiger partial charge in [0.15, 0.2) is 23.7 Å². The van der Waals surface area contributed by atoms with E-state index >= 15 is 0 Å². The van der Waals surface area contributed by atoms with Crippen molar-refractivity contribution in [2.75, 3.05) is 13.2 Å². The fourth-order valence-corrected chi connectivity index (χ4v) is 1.65. The fraction of sp³-hybridized carbons (Fsp3) is 0.500. The number of aliphatic hydroxyl groups excluding tert-OH is 8. The minimum absolute atomic E-state index is 0. The molecule has 2 aliphatic heterocycles. The first-order valence-electron chi connectivity index (χ1n) is 6.39. The van der Waals surface area contributed by atoms with Crippen LogP contribution in [0.15, 0.2) is 23.0 Å². The molecular weight excluding hydrogens is 360 g/mol. The van der Waals surface area contributed by atoms with E-state index in [4.69, 9.17) is 40.9 Å². The summed E-state index contributed by atoms with van der Waals surface area (Å²) in [4.78, 5) is 21.1. The largest absolute Gasteiger partial charge is 2.00 e. The van der Waals surface area contributed by atoms with Crippen LogP contribution in [0.2, 0.25) is 0 Å². The van der Waals surface area contributed by atoms with Crippen molar-refractivity contribution in [2.24, 2.45) is 0 Å². The van der Waals surface area contributed by atoms with Gasteiger partial charge in [0.1, 0.15) is 12.2 Å². The van der Waals surface area contributed by atoms with Crippen molar-refractivity contribution in [3.8, 4) is 0 Å². The minimum atomic E-state index is -1.42. The van der Waals surface area contributed by atoms with E-state index in [9.17, 15) is 9.59 Å². The van der Waals surface area contributed by atoms with E-state index in [1.54, 1.807) is 0 Å². The number of hydrogen-bond donors (Lipinski definition) is 8. The third-order valence-corrected chi connectivity index (χ3v) is 2.95. The molecule has 0 amide bonds. The number of rotatable bonds is 4. The van der Waals surface area contributed by atoms with E-state index < -0.39 is 72.6 Å². The van der Waals surface area contributed by atoms with E-state index in [0.29, 0.717) is 0 Å². The summed E-state index contributed by atoms with van der Waals surface area (Å²) in [6.45, 7) is -1.34. The average Bonchev–Trinajstić information content (AvgIpc) is 2.98. The monoisotopic (exact) mass is 376 g/mol. The van der Waals surface area contributed by atoms with Crippen molar-refractivity contribution in [1.82, 2.24) is 0 Å². The molecule has 0 radical (unpaired) electrons. The molecule has 2 rings (SSSR count). The Balaban J connectivity index is 0.000000443. The van der Waals surface area contributed by atoms with Gasteiger partial charge in [0.2, 0.25) is 11.5 Å². The SMILES string of the molecule is O=C1O[C@H]([C@@H](O)CO)C(O)=C1O.O=C1O[C@H]([C@@H](O)CO)C(O)=C1O.[Mg+2]. The summed E-state index contributed by atoms with van der Waals surface area (Å²) in [6, 6.07) is 0. The van der Waals surface area contributed by atoms with Gasteiger partial charge in [-0.3, -0.25) is 0 Å².